The Morgan fingerprint density at radius 1 is 1.14 bits per heavy atom. The summed E-state index contributed by atoms with van der Waals surface area (Å²) in [6.45, 7) is 8.70. The summed E-state index contributed by atoms with van der Waals surface area (Å²) in [6, 6.07) is 11.7. The lowest BCUT2D eigenvalue weighted by Crippen LogP contribution is -2.61. The van der Waals surface area contributed by atoms with Crippen LogP contribution < -0.4 is 19.7 Å². The first-order valence-electron chi connectivity index (χ1n) is 18.7. The summed E-state index contributed by atoms with van der Waals surface area (Å²) in [5.41, 5.74) is 4.32. The summed E-state index contributed by atoms with van der Waals surface area (Å²) >= 11 is 0. The maximum absolute atomic E-state index is 14.5. The molecule has 2 aromatic carbocycles. The van der Waals surface area contributed by atoms with Gasteiger partial charge in [-0.05, 0) is 99.5 Å². The minimum atomic E-state index is -3.50. The standard InChI is InChI=1S/C40H52N4O6S/c1-26-10-14-32-28(17-26)8-6-16-39(32)23-44-19-30-11-13-31(30)34(48-4)9-5-7-27(2)20-51(47,43-37(46)41-40-21-38(3,22-40)50-25-40)42-36(45)29-12-15-35(49-24-39)33(44)18-29/h5,9-10,12,14-15,17-18,27,30-31,34H,6-8,11,13,16,19-25H2,1-4H3,(H2,41,42,43,45,46,47)/b9-5+/t27-,30-,31+,34-,38?,39-,40?,51?/m0/s1. The molecule has 0 radical (unpaired) electrons. The van der Waals surface area contributed by atoms with E-state index in [1.54, 1.807) is 13.2 Å². The van der Waals surface area contributed by atoms with Crippen molar-refractivity contribution in [2.24, 2.45) is 22.1 Å². The molecule has 11 heteroatoms. The second kappa shape index (κ2) is 12.9. The third-order valence-electron chi connectivity index (χ3n) is 12.5. The molecular weight excluding hydrogens is 665 g/mol. The highest BCUT2D eigenvalue weighted by Crippen LogP contribution is 2.51. The van der Waals surface area contributed by atoms with Gasteiger partial charge in [-0.2, -0.15) is 0 Å². The van der Waals surface area contributed by atoms with E-state index in [1.165, 1.54) is 16.7 Å². The molecule has 4 aliphatic heterocycles. The number of amides is 3. The van der Waals surface area contributed by atoms with E-state index < -0.39 is 27.4 Å². The molecule has 4 heterocycles. The number of fused-ring (bicyclic) bond motifs is 5. The van der Waals surface area contributed by atoms with Crippen LogP contribution in [0.1, 0.15) is 85.8 Å². The Hall–Kier alpha value is -3.41. The largest absolute Gasteiger partial charge is 0.490 e. The van der Waals surface area contributed by atoms with Gasteiger partial charge in [-0.15, -0.1) is 4.36 Å². The third-order valence-corrected chi connectivity index (χ3v) is 14.4. The highest BCUT2D eigenvalue weighted by atomic mass is 32.2. The number of rotatable bonds is 3. The number of hydrogen-bond donors (Lipinski definition) is 2. The number of carbonyl (C=O) groups is 2. The number of nitrogens with one attached hydrogen (secondary N) is 2. The fraction of sp³-hybridized carbons (Fsp3) is 0.600. The molecule has 9 rings (SSSR count). The Labute approximate surface area is 302 Å². The van der Waals surface area contributed by atoms with Gasteiger partial charge in [0.1, 0.15) is 15.7 Å². The lowest BCUT2D eigenvalue weighted by molar-refractivity contribution is 0.0131. The average molecular weight is 717 g/mol. The molecule has 3 aliphatic carbocycles. The van der Waals surface area contributed by atoms with Gasteiger partial charge in [0.2, 0.25) is 0 Å². The highest BCUT2D eigenvalue weighted by molar-refractivity contribution is 7.92. The lowest BCUT2D eigenvalue weighted by atomic mass is 9.68. The minimum Gasteiger partial charge on any atom is -0.490 e. The summed E-state index contributed by atoms with van der Waals surface area (Å²) < 4.78 is 40.1. The lowest BCUT2D eigenvalue weighted by Gasteiger charge is -2.46. The maximum Gasteiger partial charge on any atom is 0.327 e. The molecule has 2 aromatic rings. The van der Waals surface area contributed by atoms with Crippen LogP contribution in [-0.4, -0.2) is 72.6 Å². The van der Waals surface area contributed by atoms with Gasteiger partial charge in [0.15, 0.2) is 0 Å². The predicted molar refractivity (Wildman–Crippen MR) is 198 cm³/mol. The zero-order chi connectivity index (χ0) is 35.6. The predicted octanol–water partition coefficient (Wildman–Crippen LogP) is 6.25. The molecule has 1 unspecified atom stereocenters. The van der Waals surface area contributed by atoms with Gasteiger partial charge >= 0.3 is 6.03 Å². The summed E-state index contributed by atoms with van der Waals surface area (Å²) in [7, 11) is -1.72. The molecule has 4 bridgehead atoms. The molecule has 2 saturated carbocycles. The number of ether oxygens (including phenoxy) is 3. The van der Waals surface area contributed by atoms with E-state index in [-0.39, 0.29) is 28.8 Å². The van der Waals surface area contributed by atoms with Gasteiger partial charge in [0.05, 0.1) is 41.9 Å². The Balaban J connectivity index is 1.16. The van der Waals surface area contributed by atoms with Crippen LogP contribution in [0.4, 0.5) is 10.5 Å². The van der Waals surface area contributed by atoms with Crippen molar-refractivity contribution in [2.75, 3.05) is 44.1 Å². The molecule has 51 heavy (non-hydrogen) atoms. The zero-order valence-corrected chi connectivity index (χ0v) is 31.2. The monoisotopic (exact) mass is 716 g/mol. The second-order valence-corrected chi connectivity index (χ2v) is 18.7. The number of anilines is 1. The van der Waals surface area contributed by atoms with Crippen molar-refractivity contribution in [3.8, 4) is 5.75 Å². The van der Waals surface area contributed by atoms with Gasteiger partial charge in [-0.1, -0.05) is 42.8 Å². The first kappa shape index (κ1) is 34.7. The van der Waals surface area contributed by atoms with Crippen molar-refractivity contribution in [3.05, 3.63) is 70.8 Å². The number of methoxy groups -OCH3 is 1. The Morgan fingerprint density at radius 2 is 1.98 bits per heavy atom. The maximum atomic E-state index is 14.5. The number of urea groups is 1. The Kier molecular flexibility index (Phi) is 8.78. The van der Waals surface area contributed by atoms with Gasteiger partial charge in [0.25, 0.3) is 5.91 Å². The summed E-state index contributed by atoms with van der Waals surface area (Å²) in [6.07, 6.45) is 11.6. The van der Waals surface area contributed by atoms with Crippen LogP contribution in [-0.2, 0) is 31.2 Å². The van der Waals surface area contributed by atoms with Crippen molar-refractivity contribution in [3.63, 3.8) is 0 Å². The van der Waals surface area contributed by atoms with Crippen molar-refractivity contribution in [1.29, 1.82) is 0 Å². The van der Waals surface area contributed by atoms with E-state index in [0.717, 1.165) is 56.6 Å². The normalized spacial score (nSPS) is 37.7. The van der Waals surface area contributed by atoms with Crippen LogP contribution in [0.25, 0.3) is 0 Å². The molecule has 2 saturated heterocycles. The molecule has 0 aromatic heterocycles. The Morgan fingerprint density at radius 3 is 2.73 bits per heavy atom. The van der Waals surface area contributed by atoms with Gasteiger partial charge in [0, 0.05) is 44.0 Å². The molecule has 4 fully saturated rings. The van der Waals surface area contributed by atoms with E-state index >= 15 is 0 Å². The van der Waals surface area contributed by atoms with E-state index in [2.05, 4.69) is 56.6 Å². The summed E-state index contributed by atoms with van der Waals surface area (Å²) in [5.74, 6) is 0.805. The molecular formula is C40H52N4O6S. The van der Waals surface area contributed by atoms with Crippen molar-refractivity contribution < 1.29 is 28.0 Å². The highest BCUT2D eigenvalue weighted by Gasteiger charge is 2.60. The number of aryl methyl sites for hydroxylation is 2. The fourth-order valence-electron chi connectivity index (χ4n) is 9.96. The van der Waals surface area contributed by atoms with Gasteiger partial charge in [-0.25, -0.2) is 9.00 Å². The first-order chi connectivity index (χ1) is 24.4. The summed E-state index contributed by atoms with van der Waals surface area (Å²) in [5, 5.41) is 3.00. The topological polar surface area (TPSA) is 119 Å². The number of nitrogens with zero attached hydrogens (tertiary/aromatic N) is 2. The van der Waals surface area contributed by atoms with Crippen LogP contribution in [0.2, 0.25) is 0 Å². The molecule has 10 nitrogen and oxygen atoms in total. The molecule has 274 valence electrons. The van der Waals surface area contributed by atoms with Gasteiger partial charge in [-0.3, -0.25) is 9.52 Å². The number of hydrogen-bond acceptors (Lipinski definition) is 7. The zero-order valence-electron chi connectivity index (χ0n) is 30.4. The fourth-order valence-corrected chi connectivity index (χ4v) is 11.8. The van der Waals surface area contributed by atoms with Crippen LogP contribution in [0.5, 0.6) is 5.75 Å². The van der Waals surface area contributed by atoms with Crippen LogP contribution in [0.3, 0.4) is 0 Å². The summed E-state index contributed by atoms with van der Waals surface area (Å²) in [4.78, 5) is 29.8. The third kappa shape index (κ3) is 6.59. The van der Waals surface area contributed by atoms with E-state index in [0.29, 0.717) is 49.9 Å². The minimum absolute atomic E-state index is 0.0308. The Bertz CT molecular complexity index is 1880. The molecule has 1 spiro atoms. The quantitative estimate of drug-likeness (QED) is 0.361. The van der Waals surface area contributed by atoms with Gasteiger partial charge < -0.3 is 24.4 Å². The smallest absolute Gasteiger partial charge is 0.327 e. The average Bonchev–Trinajstić information content (AvgIpc) is 3.50. The van der Waals surface area contributed by atoms with E-state index in [4.69, 9.17) is 14.2 Å². The molecule has 7 aliphatic rings. The van der Waals surface area contributed by atoms with Crippen LogP contribution >= 0.6 is 0 Å². The SMILES string of the molecule is CO[C@H]1/C=C/C[C@H](C)CS(=O)(NC(=O)NC23COC(C)(C2)C3)=NC(=O)c2ccc3c(c2)N(C[C@@H]2CC[C@H]21)C[C@@]1(CCCc2cc(C)ccc21)CO3. The van der Waals surface area contributed by atoms with Crippen LogP contribution in [0.15, 0.2) is 52.9 Å². The number of carbonyl (C=O) groups excluding carboxylic acids is 2. The van der Waals surface area contributed by atoms with Crippen LogP contribution in [0, 0.1) is 24.7 Å². The van der Waals surface area contributed by atoms with E-state index in [1.807, 2.05) is 26.0 Å². The number of allylic oxidation sites excluding steroid dienone is 1. The van der Waals surface area contributed by atoms with Crippen molar-refractivity contribution in [2.45, 2.75) is 94.8 Å². The number of benzene rings is 2. The van der Waals surface area contributed by atoms with Crippen molar-refractivity contribution >= 4 is 27.5 Å². The molecule has 2 N–H and O–H groups in total. The van der Waals surface area contributed by atoms with E-state index in [9.17, 15) is 13.8 Å². The van der Waals surface area contributed by atoms with Crippen molar-refractivity contribution in [1.82, 2.24) is 10.0 Å². The molecule has 6 atom stereocenters. The first-order valence-corrected chi connectivity index (χ1v) is 20.4. The molecule has 3 amide bonds. The second-order valence-electron chi connectivity index (χ2n) is 16.7.